The van der Waals surface area contributed by atoms with E-state index in [4.69, 9.17) is 5.73 Å². The van der Waals surface area contributed by atoms with Crippen LogP contribution in [-0.2, 0) is 11.2 Å². The molecule has 2 aromatic carbocycles. The van der Waals surface area contributed by atoms with Crippen LogP contribution in [0.2, 0.25) is 0 Å². The van der Waals surface area contributed by atoms with Crippen LogP contribution in [0.15, 0.2) is 60.7 Å². The number of benzene rings is 2. The van der Waals surface area contributed by atoms with Gasteiger partial charge in [-0.1, -0.05) is 67.1 Å². The van der Waals surface area contributed by atoms with Gasteiger partial charge in [0.1, 0.15) is 0 Å². The van der Waals surface area contributed by atoms with Crippen LogP contribution in [0.5, 0.6) is 0 Å². The van der Waals surface area contributed by atoms with E-state index in [0.717, 1.165) is 18.5 Å². The Bertz CT molecular complexity index is 656. The minimum Gasteiger partial charge on any atom is -0.355 e. The zero-order chi connectivity index (χ0) is 16.8. The summed E-state index contributed by atoms with van der Waals surface area (Å²) >= 11 is 0. The van der Waals surface area contributed by atoms with E-state index in [-0.39, 0.29) is 29.8 Å². The highest BCUT2D eigenvalue weighted by molar-refractivity contribution is 5.85. The molecule has 0 saturated heterocycles. The molecule has 3 nitrogen and oxygen atoms in total. The SMILES string of the molecule is Cl.NC(CC(=O)NCC1(Cc2ccccc2)CCC1)c1ccccc1. The van der Waals surface area contributed by atoms with Crippen LogP contribution in [0.1, 0.15) is 42.9 Å². The molecule has 0 spiro atoms. The van der Waals surface area contributed by atoms with Crippen LogP contribution in [0.25, 0.3) is 0 Å². The van der Waals surface area contributed by atoms with E-state index in [9.17, 15) is 4.79 Å². The third-order valence-corrected chi connectivity index (χ3v) is 5.13. The lowest BCUT2D eigenvalue weighted by Crippen LogP contribution is -2.44. The second kappa shape index (κ2) is 9.02. The average Bonchev–Trinajstić information content (AvgIpc) is 2.59. The third-order valence-electron chi connectivity index (χ3n) is 5.13. The van der Waals surface area contributed by atoms with Gasteiger partial charge in [-0.2, -0.15) is 0 Å². The second-order valence-electron chi connectivity index (χ2n) is 7.01. The summed E-state index contributed by atoms with van der Waals surface area (Å²) in [6, 6.07) is 20.1. The Morgan fingerprint density at radius 1 is 1.04 bits per heavy atom. The molecule has 0 heterocycles. The van der Waals surface area contributed by atoms with Gasteiger partial charge in [-0.25, -0.2) is 0 Å². The number of hydrogen-bond donors (Lipinski definition) is 2. The Labute approximate surface area is 156 Å². The van der Waals surface area contributed by atoms with Gasteiger partial charge in [0, 0.05) is 19.0 Å². The van der Waals surface area contributed by atoms with Crippen molar-refractivity contribution in [1.82, 2.24) is 5.32 Å². The molecule has 0 bridgehead atoms. The maximum absolute atomic E-state index is 12.3. The van der Waals surface area contributed by atoms with E-state index in [1.807, 2.05) is 36.4 Å². The molecule has 25 heavy (non-hydrogen) atoms. The number of nitrogens with one attached hydrogen (secondary N) is 1. The number of carbonyl (C=O) groups is 1. The van der Waals surface area contributed by atoms with Gasteiger partial charge in [0.2, 0.25) is 5.91 Å². The first-order valence-electron chi connectivity index (χ1n) is 8.78. The number of hydrogen-bond acceptors (Lipinski definition) is 2. The van der Waals surface area contributed by atoms with Crippen LogP contribution in [0, 0.1) is 5.41 Å². The highest BCUT2D eigenvalue weighted by Gasteiger charge is 2.37. The largest absolute Gasteiger partial charge is 0.355 e. The van der Waals surface area contributed by atoms with Gasteiger partial charge < -0.3 is 11.1 Å². The predicted octanol–water partition coefficient (Wildman–Crippen LogP) is 4.03. The first kappa shape index (κ1) is 19.5. The maximum atomic E-state index is 12.3. The van der Waals surface area contributed by atoms with Crippen LogP contribution < -0.4 is 11.1 Å². The number of nitrogens with two attached hydrogens (primary N) is 1. The van der Waals surface area contributed by atoms with Crippen molar-refractivity contribution in [2.75, 3.05) is 6.54 Å². The molecule has 3 rings (SSSR count). The smallest absolute Gasteiger partial charge is 0.221 e. The van der Waals surface area contributed by atoms with E-state index in [2.05, 4.69) is 29.6 Å². The van der Waals surface area contributed by atoms with Crippen molar-refractivity contribution in [2.45, 2.75) is 38.1 Å². The average molecular weight is 359 g/mol. The first-order valence-corrected chi connectivity index (χ1v) is 8.78. The zero-order valence-electron chi connectivity index (χ0n) is 14.5. The Hall–Kier alpha value is -1.84. The Kier molecular flexibility index (Phi) is 7.03. The quantitative estimate of drug-likeness (QED) is 0.785. The molecule has 3 N–H and O–H groups in total. The fourth-order valence-corrected chi connectivity index (χ4v) is 3.50. The summed E-state index contributed by atoms with van der Waals surface area (Å²) in [6.07, 6.45) is 5.01. The summed E-state index contributed by atoms with van der Waals surface area (Å²) < 4.78 is 0. The first-order chi connectivity index (χ1) is 11.7. The molecule has 1 atom stereocenters. The number of amides is 1. The maximum Gasteiger partial charge on any atom is 0.221 e. The molecule has 1 amide bonds. The summed E-state index contributed by atoms with van der Waals surface area (Å²) in [5, 5.41) is 3.13. The van der Waals surface area contributed by atoms with Gasteiger partial charge in [0.25, 0.3) is 0 Å². The van der Waals surface area contributed by atoms with E-state index < -0.39 is 0 Å². The summed E-state index contributed by atoms with van der Waals surface area (Å²) in [6.45, 7) is 0.752. The van der Waals surface area contributed by atoms with Crippen molar-refractivity contribution in [3.63, 3.8) is 0 Å². The van der Waals surface area contributed by atoms with Crippen molar-refractivity contribution < 1.29 is 4.79 Å². The van der Waals surface area contributed by atoms with Crippen LogP contribution in [0.4, 0.5) is 0 Å². The lowest BCUT2D eigenvalue weighted by atomic mass is 9.65. The lowest BCUT2D eigenvalue weighted by Gasteiger charge is -2.42. The minimum absolute atomic E-state index is 0. The molecule has 134 valence electrons. The third kappa shape index (κ3) is 5.32. The normalized spacial score (nSPS) is 16.2. The van der Waals surface area contributed by atoms with Crippen molar-refractivity contribution in [1.29, 1.82) is 0 Å². The highest BCUT2D eigenvalue weighted by Crippen LogP contribution is 2.43. The van der Waals surface area contributed by atoms with Gasteiger partial charge in [-0.05, 0) is 35.8 Å². The van der Waals surface area contributed by atoms with E-state index >= 15 is 0 Å². The van der Waals surface area contributed by atoms with Gasteiger partial charge in [-0.15, -0.1) is 12.4 Å². The standard InChI is InChI=1S/C21H26N2O.ClH/c22-19(18-10-5-2-6-11-18)14-20(24)23-16-21(12-7-13-21)15-17-8-3-1-4-9-17;/h1-6,8-11,19H,7,12-16,22H2,(H,23,24);1H. The molecule has 1 saturated carbocycles. The van der Waals surface area contributed by atoms with Crippen molar-refractivity contribution in [2.24, 2.45) is 11.1 Å². The monoisotopic (exact) mass is 358 g/mol. The molecule has 1 aliphatic rings. The zero-order valence-corrected chi connectivity index (χ0v) is 15.3. The molecule has 0 radical (unpaired) electrons. The molecule has 1 aliphatic carbocycles. The summed E-state index contributed by atoms with van der Waals surface area (Å²) in [4.78, 5) is 12.3. The van der Waals surface area contributed by atoms with Gasteiger partial charge in [0.05, 0.1) is 0 Å². The number of rotatable bonds is 7. The molecule has 2 aromatic rings. The molecule has 4 heteroatoms. The summed E-state index contributed by atoms with van der Waals surface area (Å²) in [7, 11) is 0. The van der Waals surface area contributed by atoms with Crippen LogP contribution in [-0.4, -0.2) is 12.5 Å². The Balaban J connectivity index is 0.00000225. The minimum atomic E-state index is -0.238. The highest BCUT2D eigenvalue weighted by atomic mass is 35.5. The Morgan fingerprint density at radius 2 is 1.64 bits per heavy atom. The molecular formula is C21H27ClN2O. The van der Waals surface area contributed by atoms with Gasteiger partial charge in [0.15, 0.2) is 0 Å². The fraction of sp³-hybridized carbons (Fsp3) is 0.381. The van der Waals surface area contributed by atoms with Crippen molar-refractivity contribution >= 4 is 18.3 Å². The van der Waals surface area contributed by atoms with E-state index in [0.29, 0.717) is 6.42 Å². The molecule has 0 aliphatic heterocycles. The second-order valence-corrected chi connectivity index (χ2v) is 7.01. The Morgan fingerprint density at radius 3 is 2.20 bits per heavy atom. The van der Waals surface area contributed by atoms with Crippen molar-refractivity contribution in [3.8, 4) is 0 Å². The fourth-order valence-electron chi connectivity index (χ4n) is 3.50. The molecule has 1 fully saturated rings. The van der Waals surface area contributed by atoms with Crippen molar-refractivity contribution in [3.05, 3.63) is 71.8 Å². The number of halogens is 1. The van der Waals surface area contributed by atoms with E-state index in [1.165, 1.54) is 24.8 Å². The lowest BCUT2D eigenvalue weighted by molar-refractivity contribution is -0.122. The van der Waals surface area contributed by atoms with E-state index in [1.54, 1.807) is 0 Å². The molecular weight excluding hydrogens is 332 g/mol. The van der Waals surface area contributed by atoms with Crippen LogP contribution in [0.3, 0.4) is 0 Å². The molecule has 1 unspecified atom stereocenters. The summed E-state index contributed by atoms with van der Waals surface area (Å²) in [5.41, 5.74) is 8.74. The van der Waals surface area contributed by atoms with Crippen LogP contribution >= 0.6 is 12.4 Å². The number of carbonyl (C=O) groups excluding carboxylic acids is 1. The van der Waals surface area contributed by atoms with Gasteiger partial charge >= 0.3 is 0 Å². The molecule has 0 aromatic heterocycles. The predicted molar refractivity (Wildman–Crippen MR) is 105 cm³/mol. The van der Waals surface area contributed by atoms with Gasteiger partial charge in [-0.3, -0.25) is 4.79 Å². The summed E-state index contributed by atoms with van der Waals surface area (Å²) in [5.74, 6) is 0.0469. The topological polar surface area (TPSA) is 55.1 Å².